The monoisotopic (exact) mass is 469 g/mol. The van der Waals surface area contributed by atoms with Crippen LogP contribution in [0.1, 0.15) is 66.7 Å². The van der Waals surface area contributed by atoms with Crippen LogP contribution in [0, 0.1) is 5.92 Å². The van der Waals surface area contributed by atoms with Crippen molar-refractivity contribution in [2.45, 2.75) is 58.0 Å². The van der Waals surface area contributed by atoms with Crippen LogP contribution in [0.2, 0.25) is 5.02 Å². The van der Waals surface area contributed by atoms with Gasteiger partial charge in [0.1, 0.15) is 6.04 Å². The predicted molar refractivity (Wildman–Crippen MR) is 132 cm³/mol. The van der Waals surface area contributed by atoms with Crippen LogP contribution in [0.4, 0.5) is 5.69 Å². The quantitative estimate of drug-likeness (QED) is 0.589. The molecule has 1 atom stereocenters. The number of carbonyl (C=O) groups is 3. The van der Waals surface area contributed by atoms with Crippen LogP contribution in [0.3, 0.4) is 0 Å². The van der Waals surface area contributed by atoms with E-state index in [2.05, 4.69) is 10.6 Å². The zero-order valence-corrected chi connectivity index (χ0v) is 20.2. The summed E-state index contributed by atoms with van der Waals surface area (Å²) in [5.74, 6) is -0.778. The summed E-state index contributed by atoms with van der Waals surface area (Å²) in [5, 5.41) is 6.19. The normalized spacial score (nSPS) is 15.1. The molecule has 0 heterocycles. The SMILES string of the molecule is CC(C)C(NC(=O)c1ccc(Cl)cc1)C(=O)Nc1ccc(C(=O)N(C)C2CCCCC2)cc1. The Hall–Kier alpha value is -2.86. The minimum absolute atomic E-state index is 0.00457. The summed E-state index contributed by atoms with van der Waals surface area (Å²) in [6.07, 6.45) is 5.67. The molecule has 3 rings (SSSR count). The fraction of sp³-hybridized carbons (Fsp3) is 0.423. The number of hydrogen-bond acceptors (Lipinski definition) is 3. The van der Waals surface area contributed by atoms with Crippen molar-refractivity contribution in [2.24, 2.45) is 5.92 Å². The average molecular weight is 470 g/mol. The summed E-state index contributed by atoms with van der Waals surface area (Å²) in [4.78, 5) is 40.1. The number of carbonyl (C=O) groups excluding carboxylic acids is 3. The lowest BCUT2D eigenvalue weighted by Gasteiger charge is -2.31. The van der Waals surface area contributed by atoms with Gasteiger partial charge in [-0.05, 0) is 67.3 Å². The highest BCUT2D eigenvalue weighted by atomic mass is 35.5. The van der Waals surface area contributed by atoms with E-state index in [0.29, 0.717) is 27.9 Å². The predicted octanol–water partition coefficient (Wildman–Crippen LogP) is 5.14. The number of hydrogen-bond donors (Lipinski definition) is 2. The molecule has 0 spiro atoms. The van der Waals surface area contributed by atoms with Crippen LogP contribution in [0.25, 0.3) is 0 Å². The number of rotatable bonds is 7. The summed E-state index contributed by atoms with van der Waals surface area (Å²) >= 11 is 5.88. The zero-order chi connectivity index (χ0) is 24.0. The summed E-state index contributed by atoms with van der Waals surface area (Å²) in [7, 11) is 1.87. The molecule has 1 aliphatic rings. The largest absolute Gasteiger partial charge is 0.340 e. The molecule has 0 saturated heterocycles. The fourth-order valence-corrected chi connectivity index (χ4v) is 4.24. The molecule has 0 aromatic heterocycles. The van der Waals surface area contributed by atoms with Crippen LogP contribution >= 0.6 is 11.6 Å². The molecule has 6 nitrogen and oxygen atoms in total. The summed E-state index contributed by atoms with van der Waals surface area (Å²) in [6, 6.07) is 13.0. The second kappa shape index (κ2) is 11.3. The first-order valence-corrected chi connectivity index (χ1v) is 11.9. The van der Waals surface area contributed by atoms with Crippen molar-refractivity contribution in [2.75, 3.05) is 12.4 Å². The first-order valence-electron chi connectivity index (χ1n) is 11.5. The van der Waals surface area contributed by atoms with E-state index in [-0.39, 0.29) is 23.6 Å². The van der Waals surface area contributed by atoms with Crippen LogP contribution < -0.4 is 10.6 Å². The minimum atomic E-state index is -0.716. The number of anilines is 1. The number of amides is 3. The van der Waals surface area contributed by atoms with Crippen LogP contribution in [-0.2, 0) is 4.79 Å². The van der Waals surface area contributed by atoms with Crippen LogP contribution in [-0.4, -0.2) is 41.8 Å². The molecule has 1 unspecified atom stereocenters. The second-order valence-corrected chi connectivity index (χ2v) is 9.41. The van der Waals surface area contributed by atoms with E-state index in [0.717, 1.165) is 12.8 Å². The third-order valence-electron chi connectivity index (χ3n) is 6.18. The van der Waals surface area contributed by atoms with Crippen LogP contribution in [0.5, 0.6) is 0 Å². The maximum atomic E-state index is 12.9. The highest BCUT2D eigenvalue weighted by Crippen LogP contribution is 2.23. The molecule has 176 valence electrons. The average Bonchev–Trinajstić information content (AvgIpc) is 2.82. The van der Waals surface area contributed by atoms with Gasteiger partial charge in [0.15, 0.2) is 0 Å². The fourth-order valence-electron chi connectivity index (χ4n) is 4.11. The molecule has 7 heteroatoms. The lowest BCUT2D eigenvalue weighted by molar-refractivity contribution is -0.118. The molecular weight excluding hydrogens is 438 g/mol. The van der Waals surface area contributed by atoms with Gasteiger partial charge in [-0.2, -0.15) is 0 Å². The molecule has 33 heavy (non-hydrogen) atoms. The number of halogens is 1. The number of nitrogens with one attached hydrogen (secondary N) is 2. The molecule has 2 aromatic carbocycles. The van der Waals surface area contributed by atoms with Gasteiger partial charge in [0.05, 0.1) is 0 Å². The Morgan fingerprint density at radius 1 is 0.909 bits per heavy atom. The van der Waals surface area contributed by atoms with E-state index in [9.17, 15) is 14.4 Å². The lowest BCUT2D eigenvalue weighted by Crippen LogP contribution is -2.47. The maximum absolute atomic E-state index is 12.9. The standard InChI is InChI=1S/C26H32ClN3O3/c1-17(2)23(29-24(31)18-9-13-20(27)14-10-18)25(32)28-21-15-11-19(12-16-21)26(33)30(3)22-7-5-4-6-8-22/h9-17,22-23H,4-8H2,1-3H3,(H,28,32)(H,29,31). The third-order valence-corrected chi connectivity index (χ3v) is 6.44. The van der Waals surface area contributed by atoms with E-state index < -0.39 is 6.04 Å². The molecule has 2 aromatic rings. The third kappa shape index (κ3) is 6.57. The first-order chi connectivity index (χ1) is 15.8. The minimum Gasteiger partial charge on any atom is -0.340 e. The molecule has 2 N–H and O–H groups in total. The van der Waals surface area contributed by atoms with E-state index in [1.807, 2.05) is 25.8 Å². The summed E-state index contributed by atoms with van der Waals surface area (Å²) < 4.78 is 0. The van der Waals surface area contributed by atoms with Gasteiger partial charge in [0.2, 0.25) is 5.91 Å². The molecule has 1 saturated carbocycles. The number of benzene rings is 2. The Morgan fingerprint density at radius 3 is 2.06 bits per heavy atom. The van der Waals surface area contributed by atoms with Gasteiger partial charge in [0, 0.05) is 34.9 Å². The smallest absolute Gasteiger partial charge is 0.253 e. The summed E-state index contributed by atoms with van der Waals surface area (Å²) in [5.41, 5.74) is 1.60. The van der Waals surface area contributed by atoms with Crippen molar-refractivity contribution in [1.82, 2.24) is 10.2 Å². The highest BCUT2D eigenvalue weighted by molar-refractivity contribution is 6.30. The summed E-state index contributed by atoms with van der Waals surface area (Å²) in [6.45, 7) is 3.74. The maximum Gasteiger partial charge on any atom is 0.253 e. The molecule has 1 fully saturated rings. The van der Waals surface area contributed by atoms with Gasteiger partial charge in [-0.25, -0.2) is 0 Å². The van der Waals surface area contributed by atoms with Gasteiger partial charge >= 0.3 is 0 Å². The Bertz CT molecular complexity index is 967. The van der Waals surface area contributed by atoms with Gasteiger partial charge in [-0.3, -0.25) is 14.4 Å². The molecular formula is C26H32ClN3O3. The molecule has 0 aliphatic heterocycles. The first kappa shape index (κ1) is 24.8. The highest BCUT2D eigenvalue weighted by Gasteiger charge is 2.26. The Labute approximate surface area is 200 Å². The topological polar surface area (TPSA) is 78.5 Å². The number of nitrogens with zero attached hydrogens (tertiary/aromatic N) is 1. The Kier molecular flexibility index (Phi) is 8.50. The van der Waals surface area contributed by atoms with Gasteiger partial charge in [-0.15, -0.1) is 0 Å². The van der Waals surface area contributed by atoms with E-state index >= 15 is 0 Å². The van der Waals surface area contributed by atoms with Crippen molar-refractivity contribution in [3.8, 4) is 0 Å². The molecule has 1 aliphatic carbocycles. The lowest BCUT2D eigenvalue weighted by atomic mass is 9.94. The van der Waals surface area contributed by atoms with E-state index in [1.54, 1.807) is 48.5 Å². The van der Waals surface area contributed by atoms with Crippen LogP contribution in [0.15, 0.2) is 48.5 Å². The van der Waals surface area contributed by atoms with E-state index in [1.165, 1.54) is 19.3 Å². The Morgan fingerprint density at radius 2 is 1.48 bits per heavy atom. The van der Waals surface area contributed by atoms with Crippen molar-refractivity contribution in [1.29, 1.82) is 0 Å². The second-order valence-electron chi connectivity index (χ2n) is 8.98. The van der Waals surface area contributed by atoms with Crippen molar-refractivity contribution < 1.29 is 14.4 Å². The van der Waals surface area contributed by atoms with Crippen molar-refractivity contribution >= 4 is 35.0 Å². The van der Waals surface area contributed by atoms with E-state index in [4.69, 9.17) is 11.6 Å². The molecule has 0 radical (unpaired) electrons. The van der Waals surface area contributed by atoms with Crippen molar-refractivity contribution in [3.63, 3.8) is 0 Å². The molecule has 0 bridgehead atoms. The van der Waals surface area contributed by atoms with Gasteiger partial charge < -0.3 is 15.5 Å². The Balaban J connectivity index is 1.62. The van der Waals surface area contributed by atoms with Gasteiger partial charge in [-0.1, -0.05) is 44.7 Å². The zero-order valence-electron chi connectivity index (χ0n) is 19.4. The van der Waals surface area contributed by atoms with Crippen molar-refractivity contribution in [3.05, 3.63) is 64.7 Å². The van der Waals surface area contributed by atoms with Gasteiger partial charge in [0.25, 0.3) is 11.8 Å². The molecule has 3 amide bonds.